The fourth-order valence-corrected chi connectivity index (χ4v) is 0.960. The molecule has 1 aromatic rings. The lowest BCUT2D eigenvalue weighted by molar-refractivity contribution is -0.118. The molecule has 0 atom stereocenters. The zero-order chi connectivity index (χ0) is 9.68. The highest BCUT2D eigenvalue weighted by Crippen LogP contribution is 1.93. The largest absolute Gasteiger partial charge is 0.350 e. The second-order valence-corrected chi connectivity index (χ2v) is 2.85. The van der Waals surface area contributed by atoms with Gasteiger partial charge in [-0.1, -0.05) is 0 Å². The molecule has 0 fully saturated rings. The highest BCUT2D eigenvalue weighted by Gasteiger charge is 1.98. The molecular weight excluding hydrogens is 186 g/mol. The average Bonchev–Trinajstić information content (AvgIpc) is 2.14. The maximum absolute atomic E-state index is 10.8. The van der Waals surface area contributed by atoms with Crippen molar-refractivity contribution in [3.8, 4) is 0 Å². The molecule has 70 valence electrons. The molecule has 13 heavy (non-hydrogen) atoms. The summed E-state index contributed by atoms with van der Waals surface area (Å²) in [5, 5.41) is 2.67. The number of rotatable bonds is 3. The Hall–Kier alpha value is -1.10. The van der Waals surface area contributed by atoms with E-state index >= 15 is 0 Å². The van der Waals surface area contributed by atoms with Gasteiger partial charge < -0.3 is 5.32 Å². The Morgan fingerprint density at radius 1 is 1.69 bits per heavy atom. The van der Waals surface area contributed by atoms with Gasteiger partial charge in [0.15, 0.2) is 0 Å². The van der Waals surface area contributed by atoms with Gasteiger partial charge in [0.05, 0.1) is 18.0 Å². The maximum atomic E-state index is 10.8. The monoisotopic (exact) mass is 197 g/mol. The summed E-state index contributed by atoms with van der Waals surface area (Å²) in [6.45, 7) is 2.24. The zero-order valence-corrected chi connectivity index (χ0v) is 8.21. The van der Waals surface area contributed by atoms with Crippen molar-refractivity contribution in [1.29, 1.82) is 0 Å². The van der Waals surface area contributed by atoms with Crippen LogP contribution < -0.4 is 5.32 Å². The molecule has 1 heterocycles. The Morgan fingerprint density at radius 3 is 3.08 bits per heavy atom. The normalized spacial score (nSPS) is 9.69. The summed E-state index contributed by atoms with van der Waals surface area (Å²) in [5.74, 6) is 0.807. The number of amides is 1. The highest BCUT2D eigenvalue weighted by atomic mass is 32.1. The smallest absolute Gasteiger partial charge is 0.230 e. The van der Waals surface area contributed by atoms with Crippen molar-refractivity contribution in [2.24, 2.45) is 0 Å². The molecule has 0 aliphatic carbocycles. The maximum Gasteiger partial charge on any atom is 0.230 e. The van der Waals surface area contributed by atoms with Crippen molar-refractivity contribution in [1.82, 2.24) is 15.3 Å². The van der Waals surface area contributed by atoms with Gasteiger partial charge in [-0.15, -0.1) is 0 Å². The quantitative estimate of drug-likeness (QED) is 0.687. The van der Waals surface area contributed by atoms with E-state index in [1.54, 1.807) is 12.3 Å². The third-order valence-corrected chi connectivity index (χ3v) is 1.73. The number of carbonyl (C=O) groups is 1. The van der Waals surface area contributed by atoms with Gasteiger partial charge in [-0.2, -0.15) is 12.6 Å². The third-order valence-electron chi connectivity index (χ3n) is 1.44. The lowest BCUT2D eigenvalue weighted by atomic mass is 10.4. The number of carbonyl (C=O) groups excluding carboxylic acids is 1. The summed E-state index contributed by atoms with van der Waals surface area (Å²) in [6.07, 6.45) is 1.67. The van der Waals surface area contributed by atoms with Crippen LogP contribution in [0.1, 0.15) is 11.5 Å². The molecule has 0 aliphatic heterocycles. The Morgan fingerprint density at radius 2 is 2.46 bits per heavy atom. The predicted octanol–water partition coefficient (Wildman–Crippen LogP) is 0.331. The summed E-state index contributed by atoms with van der Waals surface area (Å²) < 4.78 is 0. The van der Waals surface area contributed by atoms with Gasteiger partial charge in [0, 0.05) is 6.20 Å². The van der Waals surface area contributed by atoms with Gasteiger partial charge >= 0.3 is 0 Å². The average molecular weight is 197 g/mol. The molecule has 0 radical (unpaired) electrons. The number of thiol groups is 1. The van der Waals surface area contributed by atoms with Gasteiger partial charge in [-0.3, -0.25) is 4.79 Å². The van der Waals surface area contributed by atoms with Crippen LogP contribution in [0.3, 0.4) is 0 Å². The van der Waals surface area contributed by atoms with E-state index in [4.69, 9.17) is 0 Å². The van der Waals surface area contributed by atoms with E-state index in [0.29, 0.717) is 12.4 Å². The van der Waals surface area contributed by atoms with Crippen LogP contribution in [0.5, 0.6) is 0 Å². The van der Waals surface area contributed by atoms with Crippen LogP contribution in [0.2, 0.25) is 0 Å². The third kappa shape index (κ3) is 3.42. The Kier molecular flexibility index (Phi) is 3.70. The molecule has 0 saturated carbocycles. The Bertz CT molecular complexity index is 303. The molecule has 0 unspecified atom stereocenters. The minimum absolute atomic E-state index is 0.0976. The van der Waals surface area contributed by atoms with Crippen LogP contribution in [0.25, 0.3) is 0 Å². The van der Waals surface area contributed by atoms with E-state index in [1.165, 1.54) is 0 Å². The Labute approximate surface area is 82.2 Å². The number of nitrogens with one attached hydrogen (secondary N) is 1. The summed E-state index contributed by atoms with van der Waals surface area (Å²) in [7, 11) is 0. The number of hydrogen-bond acceptors (Lipinski definition) is 4. The lowest BCUT2D eigenvalue weighted by Gasteiger charge is -2.02. The van der Waals surface area contributed by atoms with Gasteiger partial charge in [0.1, 0.15) is 5.82 Å². The number of aryl methyl sites for hydroxylation is 1. The molecule has 1 rings (SSSR count). The minimum atomic E-state index is -0.0976. The van der Waals surface area contributed by atoms with Crippen LogP contribution >= 0.6 is 12.6 Å². The number of nitrogens with zero attached hydrogens (tertiary/aromatic N) is 2. The van der Waals surface area contributed by atoms with Crippen LogP contribution in [-0.2, 0) is 11.3 Å². The lowest BCUT2D eigenvalue weighted by Crippen LogP contribution is -2.24. The van der Waals surface area contributed by atoms with Crippen molar-refractivity contribution in [2.45, 2.75) is 13.5 Å². The second-order valence-electron chi connectivity index (χ2n) is 2.53. The van der Waals surface area contributed by atoms with E-state index in [2.05, 4.69) is 27.9 Å². The molecule has 0 saturated heterocycles. The summed E-state index contributed by atoms with van der Waals surface area (Å²) in [4.78, 5) is 18.9. The van der Waals surface area contributed by atoms with Crippen LogP contribution in [-0.4, -0.2) is 21.6 Å². The first-order chi connectivity index (χ1) is 6.22. The van der Waals surface area contributed by atoms with E-state index in [9.17, 15) is 4.79 Å². The van der Waals surface area contributed by atoms with Gasteiger partial charge in [-0.05, 0) is 13.0 Å². The van der Waals surface area contributed by atoms with E-state index < -0.39 is 0 Å². The molecule has 0 aliphatic rings. The first kappa shape index (κ1) is 9.98. The van der Waals surface area contributed by atoms with Crippen LogP contribution in [0, 0.1) is 6.92 Å². The molecule has 0 bridgehead atoms. The van der Waals surface area contributed by atoms with Crippen LogP contribution in [0.15, 0.2) is 12.3 Å². The summed E-state index contributed by atoms with van der Waals surface area (Å²) in [5.41, 5.74) is 0.808. The zero-order valence-electron chi connectivity index (χ0n) is 7.32. The first-order valence-corrected chi connectivity index (χ1v) is 4.51. The van der Waals surface area contributed by atoms with E-state index in [1.807, 2.05) is 6.92 Å². The van der Waals surface area contributed by atoms with Gasteiger partial charge in [-0.25, -0.2) is 9.97 Å². The highest BCUT2D eigenvalue weighted by molar-refractivity contribution is 7.81. The molecule has 0 spiro atoms. The fraction of sp³-hybridized carbons (Fsp3) is 0.375. The van der Waals surface area contributed by atoms with E-state index in [-0.39, 0.29) is 11.7 Å². The van der Waals surface area contributed by atoms with Gasteiger partial charge in [0.25, 0.3) is 0 Å². The Balaban J connectivity index is 2.50. The van der Waals surface area contributed by atoms with E-state index in [0.717, 1.165) is 5.69 Å². The molecule has 4 nitrogen and oxygen atoms in total. The summed E-state index contributed by atoms with van der Waals surface area (Å²) in [6, 6.07) is 1.77. The molecular formula is C8H11N3OS. The minimum Gasteiger partial charge on any atom is -0.350 e. The first-order valence-electron chi connectivity index (χ1n) is 3.88. The molecule has 1 aromatic heterocycles. The van der Waals surface area contributed by atoms with Crippen molar-refractivity contribution >= 4 is 18.5 Å². The van der Waals surface area contributed by atoms with Crippen molar-refractivity contribution in [3.05, 3.63) is 23.8 Å². The number of aromatic nitrogens is 2. The molecule has 1 amide bonds. The molecule has 1 N–H and O–H groups in total. The molecule has 5 heteroatoms. The standard InChI is InChI=1S/C8H11N3OS/c1-6-9-3-2-7(11-6)4-10-8(12)5-13/h2-3,13H,4-5H2,1H3,(H,10,12). The van der Waals surface area contributed by atoms with Crippen molar-refractivity contribution in [2.75, 3.05) is 5.75 Å². The fourth-order valence-electron chi connectivity index (χ4n) is 0.849. The summed E-state index contributed by atoms with van der Waals surface area (Å²) >= 11 is 3.84. The number of hydrogen-bond donors (Lipinski definition) is 2. The second kappa shape index (κ2) is 4.81. The van der Waals surface area contributed by atoms with Gasteiger partial charge in [0.2, 0.25) is 5.91 Å². The predicted molar refractivity (Wildman–Crippen MR) is 52.5 cm³/mol. The van der Waals surface area contributed by atoms with Crippen molar-refractivity contribution in [3.63, 3.8) is 0 Å². The van der Waals surface area contributed by atoms with Crippen LogP contribution in [0.4, 0.5) is 0 Å². The SMILES string of the molecule is Cc1nccc(CNC(=O)CS)n1. The topological polar surface area (TPSA) is 54.9 Å². The van der Waals surface area contributed by atoms with Crippen molar-refractivity contribution < 1.29 is 4.79 Å². The molecule has 0 aromatic carbocycles.